The summed E-state index contributed by atoms with van der Waals surface area (Å²) in [6.07, 6.45) is 9.11. The molecule has 0 saturated heterocycles. The Bertz CT molecular complexity index is 127. The fourth-order valence-corrected chi connectivity index (χ4v) is 2.26. The molecule has 1 aliphatic rings. The summed E-state index contributed by atoms with van der Waals surface area (Å²) in [6.45, 7) is 0.892. The maximum Gasteiger partial charge on any atom is 0.0462 e. The second-order valence-corrected chi connectivity index (χ2v) is 4.20. The Morgan fingerprint density at radius 1 is 1.23 bits per heavy atom. The van der Waals surface area contributed by atoms with E-state index >= 15 is 0 Å². The Kier molecular flexibility index (Phi) is 5.40. The Morgan fingerprint density at radius 3 is 2.77 bits per heavy atom. The fraction of sp³-hybridized carbons (Fsp3) is 1.00. The molecule has 2 atom stereocenters. The summed E-state index contributed by atoms with van der Waals surface area (Å²) in [5, 5.41) is 0. The minimum atomic E-state index is 0.458. The molecule has 0 aromatic rings. The van der Waals surface area contributed by atoms with Gasteiger partial charge in [0.2, 0.25) is 0 Å². The molecule has 2 unspecified atom stereocenters. The van der Waals surface area contributed by atoms with Gasteiger partial charge in [-0.15, -0.1) is 0 Å². The van der Waals surface area contributed by atoms with Crippen molar-refractivity contribution in [3.8, 4) is 0 Å². The molecule has 1 saturated carbocycles. The van der Waals surface area contributed by atoms with Gasteiger partial charge in [-0.1, -0.05) is 19.3 Å². The van der Waals surface area contributed by atoms with Crippen molar-refractivity contribution in [3.05, 3.63) is 0 Å². The SMILES string of the molecule is COCCCC1CCCCCC1N. The van der Waals surface area contributed by atoms with Crippen LogP contribution in [0.25, 0.3) is 0 Å². The molecule has 1 rings (SSSR count). The number of rotatable bonds is 4. The van der Waals surface area contributed by atoms with Crippen molar-refractivity contribution in [2.75, 3.05) is 13.7 Å². The van der Waals surface area contributed by atoms with E-state index in [4.69, 9.17) is 10.5 Å². The minimum absolute atomic E-state index is 0.458. The Labute approximate surface area is 81.8 Å². The van der Waals surface area contributed by atoms with Crippen LogP contribution in [0.3, 0.4) is 0 Å². The van der Waals surface area contributed by atoms with Crippen LogP contribution in [-0.4, -0.2) is 19.8 Å². The van der Waals surface area contributed by atoms with Gasteiger partial charge < -0.3 is 10.5 Å². The van der Waals surface area contributed by atoms with Crippen LogP contribution in [0.2, 0.25) is 0 Å². The predicted octanol–water partition coefficient (Wildman–Crippen LogP) is 2.32. The summed E-state index contributed by atoms with van der Waals surface area (Å²) in [5.41, 5.74) is 6.12. The molecule has 2 heteroatoms. The first kappa shape index (κ1) is 11.0. The van der Waals surface area contributed by atoms with Crippen molar-refractivity contribution in [2.24, 2.45) is 11.7 Å². The number of ether oxygens (including phenoxy) is 1. The lowest BCUT2D eigenvalue weighted by Gasteiger charge is -2.20. The van der Waals surface area contributed by atoms with Crippen molar-refractivity contribution in [2.45, 2.75) is 51.0 Å². The highest BCUT2D eigenvalue weighted by Crippen LogP contribution is 2.25. The van der Waals surface area contributed by atoms with Crippen molar-refractivity contribution in [1.82, 2.24) is 0 Å². The van der Waals surface area contributed by atoms with Crippen molar-refractivity contribution in [1.29, 1.82) is 0 Å². The van der Waals surface area contributed by atoms with Crippen LogP contribution < -0.4 is 5.73 Å². The third-order valence-electron chi connectivity index (χ3n) is 3.14. The van der Waals surface area contributed by atoms with E-state index in [2.05, 4.69) is 0 Å². The van der Waals surface area contributed by atoms with Gasteiger partial charge in [-0.05, 0) is 31.6 Å². The number of hydrogen-bond donors (Lipinski definition) is 1. The number of methoxy groups -OCH3 is 1. The van der Waals surface area contributed by atoms with Gasteiger partial charge >= 0.3 is 0 Å². The quantitative estimate of drug-likeness (QED) is 0.539. The van der Waals surface area contributed by atoms with Crippen LogP contribution in [0.15, 0.2) is 0 Å². The molecule has 78 valence electrons. The molecule has 1 fully saturated rings. The molecular weight excluding hydrogens is 162 g/mol. The first-order chi connectivity index (χ1) is 6.34. The molecule has 0 aliphatic heterocycles. The maximum atomic E-state index is 6.12. The van der Waals surface area contributed by atoms with Crippen LogP contribution in [0.5, 0.6) is 0 Å². The zero-order valence-corrected chi connectivity index (χ0v) is 8.80. The lowest BCUT2D eigenvalue weighted by molar-refractivity contribution is 0.183. The smallest absolute Gasteiger partial charge is 0.0462 e. The van der Waals surface area contributed by atoms with Crippen LogP contribution in [0.4, 0.5) is 0 Å². The highest BCUT2D eigenvalue weighted by atomic mass is 16.5. The average molecular weight is 185 g/mol. The highest BCUT2D eigenvalue weighted by molar-refractivity contribution is 4.76. The number of hydrogen-bond acceptors (Lipinski definition) is 2. The molecular formula is C11H23NO. The Hall–Kier alpha value is -0.0800. The first-order valence-corrected chi connectivity index (χ1v) is 5.59. The third-order valence-corrected chi connectivity index (χ3v) is 3.14. The van der Waals surface area contributed by atoms with Crippen LogP contribution >= 0.6 is 0 Å². The third kappa shape index (κ3) is 4.10. The van der Waals surface area contributed by atoms with E-state index < -0.39 is 0 Å². The van der Waals surface area contributed by atoms with Gasteiger partial charge in [0.1, 0.15) is 0 Å². The predicted molar refractivity (Wildman–Crippen MR) is 55.7 cm³/mol. The molecule has 0 bridgehead atoms. The second kappa shape index (κ2) is 6.39. The largest absolute Gasteiger partial charge is 0.385 e. The highest BCUT2D eigenvalue weighted by Gasteiger charge is 2.19. The van der Waals surface area contributed by atoms with Gasteiger partial charge in [-0.25, -0.2) is 0 Å². The molecule has 0 heterocycles. The minimum Gasteiger partial charge on any atom is -0.385 e. The number of nitrogens with two attached hydrogens (primary N) is 1. The molecule has 2 nitrogen and oxygen atoms in total. The zero-order chi connectivity index (χ0) is 9.52. The van der Waals surface area contributed by atoms with E-state index in [0.717, 1.165) is 12.5 Å². The fourth-order valence-electron chi connectivity index (χ4n) is 2.26. The summed E-state index contributed by atoms with van der Waals surface area (Å²) < 4.78 is 5.06. The summed E-state index contributed by atoms with van der Waals surface area (Å²) in [4.78, 5) is 0. The van der Waals surface area contributed by atoms with E-state index in [-0.39, 0.29) is 0 Å². The van der Waals surface area contributed by atoms with Crippen LogP contribution in [0, 0.1) is 5.92 Å². The van der Waals surface area contributed by atoms with Gasteiger partial charge in [-0.3, -0.25) is 0 Å². The maximum absolute atomic E-state index is 6.12. The molecule has 0 radical (unpaired) electrons. The molecule has 0 spiro atoms. The topological polar surface area (TPSA) is 35.2 Å². The Balaban J connectivity index is 2.19. The zero-order valence-electron chi connectivity index (χ0n) is 8.80. The lowest BCUT2D eigenvalue weighted by Crippen LogP contribution is -2.29. The van der Waals surface area contributed by atoms with Gasteiger partial charge in [0.05, 0.1) is 0 Å². The van der Waals surface area contributed by atoms with E-state index in [9.17, 15) is 0 Å². The summed E-state index contributed by atoms with van der Waals surface area (Å²) >= 11 is 0. The van der Waals surface area contributed by atoms with Gasteiger partial charge in [0.15, 0.2) is 0 Å². The molecule has 2 N–H and O–H groups in total. The molecule has 1 aliphatic carbocycles. The molecule has 13 heavy (non-hydrogen) atoms. The summed E-state index contributed by atoms with van der Waals surface area (Å²) in [5.74, 6) is 0.762. The van der Waals surface area contributed by atoms with Gasteiger partial charge in [0, 0.05) is 19.8 Å². The second-order valence-electron chi connectivity index (χ2n) is 4.20. The van der Waals surface area contributed by atoms with Crippen LogP contribution in [-0.2, 0) is 4.74 Å². The van der Waals surface area contributed by atoms with Crippen molar-refractivity contribution in [3.63, 3.8) is 0 Å². The van der Waals surface area contributed by atoms with Crippen molar-refractivity contribution >= 4 is 0 Å². The van der Waals surface area contributed by atoms with Gasteiger partial charge in [0.25, 0.3) is 0 Å². The van der Waals surface area contributed by atoms with E-state index in [1.54, 1.807) is 7.11 Å². The van der Waals surface area contributed by atoms with Crippen LogP contribution in [0.1, 0.15) is 44.9 Å². The standard InChI is InChI=1S/C11H23NO/c1-13-9-5-7-10-6-3-2-4-8-11(10)12/h10-11H,2-9,12H2,1H3. The summed E-state index contributed by atoms with van der Waals surface area (Å²) in [7, 11) is 1.77. The molecule has 0 amide bonds. The average Bonchev–Trinajstić information content (AvgIpc) is 2.32. The molecule has 0 aromatic heterocycles. The van der Waals surface area contributed by atoms with E-state index in [1.165, 1.54) is 44.9 Å². The van der Waals surface area contributed by atoms with Gasteiger partial charge in [-0.2, -0.15) is 0 Å². The Morgan fingerprint density at radius 2 is 2.00 bits per heavy atom. The van der Waals surface area contributed by atoms with E-state index in [1.807, 2.05) is 0 Å². The monoisotopic (exact) mass is 185 g/mol. The molecule has 0 aromatic carbocycles. The first-order valence-electron chi connectivity index (χ1n) is 5.59. The van der Waals surface area contributed by atoms with Crippen molar-refractivity contribution < 1.29 is 4.74 Å². The summed E-state index contributed by atoms with van der Waals surface area (Å²) in [6, 6.07) is 0.458. The van der Waals surface area contributed by atoms with E-state index in [0.29, 0.717) is 6.04 Å². The normalized spacial score (nSPS) is 30.0. The lowest BCUT2D eigenvalue weighted by atomic mass is 9.91.